The van der Waals surface area contributed by atoms with Crippen LogP contribution in [0.1, 0.15) is 6.92 Å². The van der Waals surface area contributed by atoms with Gasteiger partial charge < -0.3 is 5.11 Å². The van der Waals surface area contributed by atoms with Gasteiger partial charge in [0.15, 0.2) is 9.84 Å². The van der Waals surface area contributed by atoms with Gasteiger partial charge in [0.05, 0.1) is 6.10 Å². The number of aliphatic hydroxyl groups excluding tert-OH is 1. The fourth-order valence-corrected chi connectivity index (χ4v) is 0.929. The van der Waals surface area contributed by atoms with E-state index in [0.717, 1.165) is 6.26 Å². The molecular weight excluding hydrogens is 335 g/mol. The molecule has 0 aliphatic heterocycles. The molecule has 10 heavy (non-hydrogen) atoms. The average Bonchev–Trinajstić information content (AvgIpc) is 1.62. The monoisotopic (exact) mass is 342 g/mol. The molecule has 0 spiro atoms. The Bertz CT molecular complexity index is 209. The Morgan fingerprint density at radius 1 is 1.70 bits per heavy atom. The van der Waals surface area contributed by atoms with Gasteiger partial charge in [0.2, 0.25) is 1.66 Å². The molecule has 0 bridgehead atoms. The lowest BCUT2D eigenvalue weighted by molar-refractivity contribution is 0.208. The van der Waals surface area contributed by atoms with Crippen LogP contribution in [0.15, 0.2) is 0 Å². The Labute approximate surface area is 82.4 Å². The maximum atomic E-state index is 10.9. The highest BCUT2D eigenvalue weighted by atomic mass is 127. The second-order valence-electron chi connectivity index (χ2n) is 2.01. The van der Waals surface area contributed by atoms with Crippen molar-refractivity contribution in [2.45, 2.75) is 14.7 Å². The van der Waals surface area contributed by atoms with Gasteiger partial charge in [-0.25, -0.2) is 8.42 Å². The van der Waals surface area contributed by atoms with Crippen molar-refractivity contribution < 1.29 is 13.5 Å². The van der Waals surface area contributed by atoms with Crippen molar-refractivity contribution >= 4 is 48.4 Å². The zero-order chi connectivity index (χ0) is 8.58. The molecule has 1 N–H and O–H groups in total. The van der Waals surface area contributed by atoms with Crippen LogP contribution in [-0.4, -0.2) is 27.5 Å². The third-order valence-electron chi connectivity index (χ3n) is 0.981. The first-order valence-electron chi connectivity index (χ1n) is 2.45. The van der Waals surface area contributed by atoms with Gasteiger partial charge in [-0.3, -0.25) is 0 Å². The standard InChI is InChI=1S/C4H8BrIO3S/c1-3(7)4(5,6)10(2,8)9/h3,7H,1-2H3/t3-,4-/m1/s1. The van der Waals surface area contributed by atoms with Crippen molar-refractivity contribution in [1.82, 2.24) is 0 Å². The van der Waals surface area contributed by atoms with Gasteiger partial charge >= 0.3 is 0 Å². The van der Waals surface area contributed by atoms with Crippen LogP contribution in [0.25, 0.3) is 0 Å². The van der Waals surface area contributed by atoms with Crippen LogP contribution in [-0.2, 0) is 9.84 Å². The molecule has 0 saturated heterocycles. The summed E-state index contributed by atoms with van der Waals surface area (Å²) < 4.78 is 20.5. The molecule has 0 saturated carbocycles. The number of alkyl halides is 2. The maximum absolute atomic E-state index is 10.9. The number of hydrogen-bond donors (Lipinski definition) is 1. The summed E-state index contributed by atoms with van der Waals surface area (Å²) >= 11 is 4.57. The van der Waals surface area contributed by atoms with Crippen molar-refractivity contribution in [3.8, 4) is 0 Å². The van der Waals surface area contributed by atoms with Crippen molar-refractivity contribution in [3.63, 3.8) is 0 Å². The second kappa shape index (κ2) is 3.24. The highest BCUT2D eigenvalue weighted by Crippen LogP contribution is 2.36. The van der Waals surface area contributed by atoms with Crippen molar-refractivity contribution in [2.75, 3.05) is 6.26 Å². The maximum Gasteiger partial charge on any atom is 0.202 e. The fourth-order valence-electron chi connectivity index (χ4n) is 0.310. The van der Waals surface area contributed by atoms with Crippen LogP contribution < -0.4 is 0 Å². The normalized spacial score (nSPS) is 21.7. The average molecular weight is 343 g/mol. The summed E-state index contributed by atoms with van der Waals surface area (Å²) in [6.45, 7) is 1.42. The number of rotatable bonds is 2. The Balaban J connectivity index is 4.76. The molecule has 0 aliphatic rings. The molecule has 0 radical (unpaired) electrons. The van der Waals surface area contributed by atoms with Crippen LogP contribution >= 0.6 is 38.5 Å². The largest absolute Gasteiger partial charge is 0.390 e. The molecule has 0 aromatic carbocycles. The lowest BCUT2D eigenvalue weighted by Crippen LogP contribution is -2.35. The third kappa shape index (κ3) is 2.31. The summed E-state index contributed by atoms with van der Waals surface area (Å²) in [5.41, 5.74) is 0. The Hall–Kier alpha value is 1.12. The van der Waals surface area contributed by atoms with E-state index in [1.165, 1.54) is 6.92 Å². The Kier molecular flexibility index (Phi) is 3.60. The highest BCUT2D eigenvalue weighted by molar-refractivity contribution is 14.1. The van der Waals surface area contributed by atoms with E-state index in [9.17, 15) is 8.42 Å². The smallest absolute Gasteiger partial charge is 0.202 e. The van der Waals surface area contributed by atoms with E-state index in [1.807, 2.05) is 0 Å². The summed E-state index contributed by atoms with van der Waals surface area (Å²) in [6, 6.07) is 0. The van der Waals surface area contributed by atoms with Crippen molar-refractivity contribution in [1.29, 1.82) is 0 Å². The molecule has 0 aliphatic carbocycles. The summed E-state index contributed by atoms with van der Waals surface area (Å²) in [5, 5.41) is 8.98. The van der Waals surface area contributed by atoms with Crippen LogP contribution in [0.3, 0.4) is 0 Å². The topological polar surface area (TPSA) is 54.4 Å². The molecule has 3 nitrogen and oxygen atoms in total. The Morgan fingerprint density at radius 3 is 2.00 bits per heavy atom. The summed E-state index contributed by atoms with van der Waals surface area (Å²) in [7, 11) is -3.25. The zero-order valence-electron chi connectivity index (χ0n) is 5.51. The minimum atomic E-state index is -3.25. The number of sulfone groups is 1. The molecule has 2 atom stereocenters. The first-order valence-corrected chi connectivity index (χ1v) is 6.21. The van der Waals surface area contributed by atoms with E-state index in [4.69, 9.17) is 5.11 Å². The van der Waals surface area contributed by atoms with E-state index in [1.54, 1.807) is 22.6 Å². The molecule has 0 fully saturated rings. The van der Waals surface area contributed by atoms with Gasteiger partial charge in [0.25, 0.3) is 0 Å². The first kappa shape index (κ1) is 11.1. The van der Waals surface area contributed by atoms with Gasteiger partial charge in [-0.15, -0.1) is 0 Å². The fraction of sp³-hybridized carbons (Fsp3) is 1.00. The summed E-state index contributed by atoms with van der Waals surface area (Å²) in [5.74, 6) is 0. The van der Waals surface area contributed by atoms with Gasteiger partial charge in [0.1, 0.15) is 0 Å². The predicted octanol–water partition coefficient (Wildman–Crippen LogP) is 0.895. The second-order valence-corrected chi connectivity index (χ2v) is 9.89. The molecule has 62 valence electrons. The molecule has 0 unspecified atom stereocenters. The van der Waals surface area contributed by atoms with Crippen molar-refractivity contribution in [3.05, 3.63) is 0 Å². The lowest BCUT2D eigenvalue weighted by Gasteiger charge is -2.20. The van der Waals surface area contributed by atoms with E-state index < -0.39 is 17.6 Å². The van der Waals surface area contributed by atoms with Crippen molar-refractivity contribution in [2.24, 2.45) is 0 Å². The lowest BCUT2D eigenvalue weighted by atomic mass is 10.5. The number of hydrogen-bond acceptors (Lipinski definition) is 3. The van der Waals surface area contributed by atoms with Crippen LogP contribution in [0.5, 0.6) is 0 Å². The first-order chi connectivity index (χ1) is 4.19. The summed E-state index contributed by atoms with van der Waals surface area (Å²) in [4.78, 5) is 0. The number of aliphatic hydroxyl groups is 1. The summed E-state index contributed by atoms with van der Waals surface area (Å²) in [6.07, 6.45) is 0.143. The van der Waals surface area contributed by atoms with E-state index in [0.29, 0.717) is 0 Å². The van der Waals surface area contributed by atoms with Crippen LogP contribution in [0, 0.1) is 0 Å². The molecule has 0 aromatic heterocycles. The number of halogens is 2. The van der Waals surface area contributed by atoms with E-state index >= 15 is 0 Å². The van der Waals surface area contributed by atoms with Crippen LogP contribution in [0.2, 0.25) is 0 Å². The molecule has 0 heterocycles. The zero-order valence-corrected chi connectivity index (χ0v) is 10.1. The van der Waals surface area contributed by atoms with E-state index in [-0.39, 0.29) is 0 Å². The van der Waals surface area contributed by atoms with Gasteiger partial charge in [0, 0.05) is 6.26 Å². The Morgan fingerprint density at radius 2 is 2.00 bits per heavy atom. The molecular formula is C4H8BrIO3S. The molecule has 6 heteroatoms. The highest BCUT2D eigenvalue weighted by Gasteiger charge is 2.39. The van der Waals surface area contributed by atoms with E-state index in [2.05, 4.69) is 15.9 Å². The van der Waals surface area contributed by atoms with Gasteiger partial charge in [-0.1, -0.05) is 15.9 Å². The molecule has 0 rings (SSSR count). The van der Waals surface area contributed by atoms with Gasteiger partial charge in [-0.2, -0.15) is 0 Å². The third-order valence-corrected chi connectivity index (χ3v) is 8.04. The SMILES string of the molecule is C[C@@H](O)[C@@](Br)(I)S(C)(=O)=O. The minimum absolute atomic E-state index is 0.928. The quantitative estimate of drug-likeness (QED) is 0.599. The molecule has 0 aromatic rings. The molecule has 0 amide bonds. The van der Waals surface area contributed by atoms with Crippen LogP contribution in [0.4, 0.5) is 0 Å². The van der Waals surface area contributed by atoms with Gasteiger partial charge in [-0.05, 0) is 29.5 Å². The predicted molar refractivity (Wildman–Crippen MR) is 52.2 cm³/mol. The minimum Gasteiger partial charge on any atom is -0.390 e.